The fourth-order valence-corrected chi connectivity index (χ4v) is 4.86. The number of hydrogen-bond donors (Lipinski definition) is 2. The monoisotopic (exact) mass is 252 g/mol. The van der Waals surface area contributed by atoms with E-state index >= 15 is 0 Å². The molecule has 2 aliphatic rings. The van der Waals surface area contributed by atoms with Crippen LogP contribution in [0.2, 0.25) is 0 Å². The lowest BCUT2D eigenvalue weighted by molar-refractivity contribution is 0.184. The molecule has 0 saturated heterocycles. The largest absolute Gasteiger partial charge is 0.399 e. The minimum absolute atomic E-state index is 0.0490. The molecule has 92 valence electrons. The quantitative estimate of drug-likeness (QED) is 0.688. The van der Waals surface area contributed by atoms with Crippen molar-refractivity contribution in [3.63, 3.8) is 0 Å². The summed E-state index contributed by atoms with van der Waals surface area (Å²) >= 11 is 0. The van der Waals surface area contributed by atoms with Crippen molar-refractivity contribution in [2.24, 2.45) is 5.41 Å². The summed E-state index contributed by atoms with van der Waals surface area (Å²) in [5.74, 6) is 0.268. The molecular weight excluding hydrogens is 236 g/mol. The predicted octanol–water partition coefficient (Wildman–Crippen LogP) is 1.64. The van der Waals surface area contributed by atoms with E-state index in [9.17, 15) is 8.42 Å². The number of sulfone groups is 1. The molecule has 1 saturated carbocycles. The first kappa shape index (κ1) is 10.9. The van der Waals surface area contributed by atoms with Crippen LogP contribution in [-0.4, -0.2) is 20.7 Å². The molecule has 1 aliphatic carbocycles. The highest BCUT2D eigenvalue weighted by Crippen LogP contribution is 2.45. The lowest BCUT2D eigenvalue weighted by Crippen LogP contribution is -2.40. The summed E-state index contributed by atoms with van der Waals surface area (Å²) < 4.78 is 24.7. The second-order valence-corrected chi connectivity index (χ2v) is 7.18. The maximum absolute atomic E-state index is 12.3. The Labute approximate surface area is 101 Å². The SMILES string of the molecule is Nc1ccc2c(c1)NCC1(CCC1)CS2(=O)=O. The van der Waals surface area contributed by atoms with E-state index in [1.54, 1.807) is 18.2 Å². The van der Waals surface area contributed by atoms with Gasteiger partial charge in [0.2, 0.25) is 0 Å². The summed E-state index contributed by atoms with van der Waals surface area (Å²) in [5.41, 5.74) is 6.91. The molecule has 1 aromatic rings. The molecule has 0 bridgehead atoms. The molecule has 1 aromatic carbocycles. The molecule has 0 unspecified atom stereocenters. The van der Waals surface area contributed by atoms with Gasteiger partial charge in [0.1, 0.15) is 0 Å². The van der Waals surface area contributed by atoms with Crippen LogP contribution in [0.5, 0.6) is 0 Å². The van der Waals surface area contributed by atoms with Crippen molar-refractivity contribution in [1.29, 1.82) is 0 Å². The molecule has 1 aliphatic heterocycles. The van der Waals surface area contributed by atoms with Crippen molar-refractivity contribution in [3.05, 3.63) is 18.2 Å². The fraction of sp³-hybridized carbons (Fsp3) is 0.500. The third kappa shape index (κ3) is 1.69. The van der Waals surface area contributed by atoms with E-state index in [0.717, 1.165) is 25.8 Å². The van der Waals surface area contributed by atoms with Crippen molar-refractivity contribution in [1.82, 2.24) is 0 Å². The first-order chi connectivity index (χ1) is 8.01. The first-order valence-corrected chi connectivity index (χ1v) is 7.52. The zero-order valence-corrected chi connectivity index (χ0v) is 10.4. The van der Waals surface area contributed by atoms with Crippen molar-refractivity contribution in [3.8, 4) is 0 Å². The summed E-state index contributed by atoms with van der Waals surface area (Å²) in [5, 5.41) is 3.26. The van der Waals surface area contributed by atoms with Gasteiger partial charge >= 0.3 is 0 Å². The molecule has 1 fully saturated rings. The minimum atomic E-state index is -3.18. The van der Waals surface area contributed by atoms with Gasteiger partial charge in [-0.05, 0) is 31.0 Å². The summed E-state index contributed by atoms with van der Waals surface area (Å²) in [6, 6.07) is 4.98. The Morgan fingerprint density at radius 2 is 2.06 bits per heavy atom. The van der Waals surface area contributed by atoms with Crippen LogP contribution in [0.1, 0.15) is 19.3 Å². The van der Waals surface area contributed by atoms with Crippen LogP contribution in [0.3, 0.4) is 0 Å². The molecule has 3 N–H and O–H groups in total. The Balaban J connectivity index is 2.10. The number of fused-ring (bicyclic) bond motifs is 1. The van der Waals surface area contributed by atoms with Crippen LogP contribution >= 0.6 is 0 Å². The number of benzene rings is 1. The van der Waals surface area contributed by atoms with Crippen LogP contribution in [0.4, 0.5) is 11.4 Å². The number of nitrogen functional groups attached to an aromatic ring is 1. The van der Waals surface area contributed by atoms with Gasteiger partial charge in [-0.2, -0.15) is 0 Å². The van der Waals surface area contributed by atoms with E-state index in [1.807, 2.05) is 0 Å². The van der Waals surface area contributed by atoms with Gasteiger partial charge in [0, 0.05) is 17.6 Å². The highest BCUT2D eigenvalue weighted by molar-refractivity contribution is 7.91. The molecule has 0 radical (unpaired) electrons. The van der Waals surface area contributed by atoms with Crippen LogP contribution in [0.15, 0.2) is 23.1 Å². The Morgan fingerprint density at radius 3 is 2.71 bits per heavy atom. The molecule has 17 heavy (non-hydrogen) atoms. The maximum atomic E-state index is 12.3. The lowest BCUT2D eigenvalue weighted by atomic mass is 9.70. The van der Waals surface area contributed by atoms with Crippen LogP contribution < -0.4 is 11.1 Å². The normalized spacial score (nSPS) is 24.2. The van der Waals surface area contributed by atoms with Gasteiger partial charge in [0.15, 0.2) is 9.84 Å². The minimum Gasteiger partial charge on any atom is -0.399 e. The third-order valence-corrected chi connectivity index (χ3v) is 5.92. The number of nitrogens with two attached hydrogens (primary N) is 1. The smallest absolute Gasteiger partial charge is 0.181 e. The molecule has 4 nitrogen and oxygen atoms in total. The number of hydrogen-bond acceptors (Lipinski definition) is 4. The Bertz CT molecular complexity index is 562. The Kier molecular flexibility index (Phi) is 2.17. The van der Waals surface area contributed by atoms with E-state index < -0.39 is 9.84 Å². The van der Waals surface area contributed by atoms with E-state index in [2.05, 4.69) is 5.32 Å². The standard InChI is InChI=1S/C12H16N2O2S/c13-9-2-3-11-10(6-9)14-7-12(4-1-5-12)8-17(11,15)16/h2-3,6,14H,1,4-5,7-8,13H2. The van der Waals surface area contributed by atoms with Gasteiger partial charge < -0.3 is 11.1 Å². The summed E-state index contributed by atoms with van der Waals surface area (Å²) in [7, 11) is -3.18. The van der Waals surface area contributed by atoms with Crippen LogP contribution in [0.25, 0.3) is 0 Å². The molecule has 1 heterocycles. The van der Waals surface area contributed by atoms with E-state index in [0.29, 0.717) is 16.3 Å². The van der Waals surface area contributed by atoms with E-state index in [4.69, 9.17) is 5.73 Å². The van der Waals surface area contributed by atoms with Crippen molar-refractivity contribution >= 4 is 21.2 Å². The van der Waals surface area contributed by atoms with Gasteiger partial charge in [0.05, 0.1) is 16.3 Å². The highest BCUT2D eigenvalue weighted by Gasteiger charge is 2.43. The molecule has 0 atom stereocenters. The number of rotatable bonds is 0. The molecular formula is C12H16N2O2S. The maximum Gasteiger partial charge on any atom is 0.181 e. The molecule has 0 amide bonds. The number of nitrogens with one attached hydrogen (secondary N) is 1. The van der Waals surface area contributed by atoms with Crippen LogP contribution in [0, 0.1) is 5.41 Å². The van der Waals surface area contributed by atoms with Crippen LogP contribution in [-0.2, 0) is 9.84 Å². The second kappa shape index (κ2) is 3.38. The topological polar surface area (TPSA) is 72.2 Å². The average Bonchev–Trinajstić information content (AvgIpc) is 2.32. The Morgan fingerprint density at radius 1 is 1.29 bits per heavy atom. The first-order valence-electron chi connectivity index (χ1n) is 5.87. The second-order valence-electron chi connectivity index (χ2n) is 5.22. The lowest BCUT2D eigenvalue weighted by Gasteiger charge is -2.40. The number of anilines is 2. The summed E-state index contributed by atoms with van der Waals surface area (Å²) in [6.07, 6.45) is 3.14. The molecule has 1 spiro atoms. The van der Waals surface area contributed by atoms with Gasteiger partial charge in [-0.25, -0.2) is 8.42 Å². The third-order valence-electron chi connectivity index (χ3n) is 3.90. The van der Waals surface area contributed by atoms with Gasteiger partial charge in [0.25, 0.3) is 0 Å². The predicted molar refractivity (Wildman–Crippen MR) is 67.7 cm³/mol. The van der Waals surface area contributed by atoms with Gasteiger partial charge in [-0.3, -0.25) is 0 Å². The summed E-state index contributed by atoms with van der Waals surface area (Å²) in [6.45, 7) is 0.739. The van der Waals surface area contributed by atoms with Crippen molar-refractivity contribution in [2.45, 2.75) is 24.2 Å². The average molecular weight is 252 g/mol. The zero-order valence-electron chi connectivity index (χ0n) is 9.57. The van der Waals surface area contributed by atoms with E-state index in [1.165, 1.54) is 0 Å². The van der Waals surface area contributed by atoms with Crippen molar-refractivity contribution in [2.75, 3.05) is 23.3 Å². The highest BCUT2D eigenvalue weighted by atomic mass is 32.2. The fourth-order valence-electron chi connectivity index (χ4n) is 2.77. The molecule has 5 heteroatoms. The Hall–Kier alpha value is -1.23. The van der Waals surface area contributed by atoms with Gasteiger partial charge in [-0.1, -0.05) is 6.42 Å². The van der Waals surface area contributed by atoms with Crippen molar-refractivity contribution < 1.29 is 8.42 Å². The molecule has 3 rings (SSSR count). The zero-order chi connectivity index (χ0) is 12.1. The summed E-state index contributed by atoms with van der Waals surface area (Å²) in [4.78, 5) is 0.399. The molecule has 0 aromatic heterocycles. The van der Waals surface area contributed by atoms with E-state index in [-0.39, 0.29) is 11.2 Å². The van der Waals surface area contributed by atoms with Gasteiger partial charge in [-0.15, -0.1) is 0 Å².